The Morgan fingerprint density at radius 1 is 1.78 bits per heavy atom. The molecule has 1 aliphatic rings. The van der Waals surface area contributed by atoms with Crippen molar-refractivity contribution in [1.29, 1.82) is 0 Å². The summed E-state index contributed by atoms with van der Waals surface area (Å²) in [6, 6.07) is 0. The standard InChI is InChI=1S/C10H18N5O3/c1-10(2)12-4-7(18-10)5-14-6-8(11)9(13-14)15(16)17-3/h6-7,12H,4-5,11H2,1-3H3/q+1/t7-/m0/s1. The van der Waals surface area contributed by atoms with Crippen molar-refractivity contribution in [3.63, 3.8) is 0 Å². The lowest BCUT2D eigenvalue weighted by atomic mass is 10.3. The van der Waals surface area contributed by atoms with Crippen LogP contribution < -0.4 is 11.1 Å². The van der Waals surface area contributed by atoms with Crippen LogP contribution in [0.2, 0.25) is 0 Å². The number of nitrogen functional groups attached to an aromatic ring is 1. The number of hydrogen-bond acceptors (Lipinski definition) is 6. The average Bonchev–Trinajstić information content (AvgIpc) is 2.81. The van der Waals surface area contributed by atoms with Crippen LogP contribution in [0.15, 0.2) is 6.20 Å². The summed E-state index contributed by atoms with van der Waals surface area (Å²) >= 11 is 0. The molecule has 2 rings (SSSR count). The molecule has 1 aliphatic heterocycles. The van der Waals surface area contributed by atoms with Gasteiger partial charge in [0.05, 0.1) is 23.9 Å². The summed E-state index contributed by atoms with van der Waals surface area (Å²) < 4.78 is 7.34. The molecule has 3 N–H and O–H groups in total. The van der Waals surface area contributed by atoms with Gasteiger partial charge in [0.2, 0.25) is 0 Å². The van der Waals surface area contributed by atoms with Crippen molar-refractivity contribution >= 4 is 11.5 Å². The number of anilines is 1. The van der Waals surface area contributed by atoms with E-state index >= 15 is 0 Å². The van der Waals surface area contributed by atoms with Crippen LogP contribution in [0.4, 0.5) is 11.5 Å². The molecular formula is C10H18N5O3+. The zero-order chi connectivity index (χ0) is 13.3. The fourth-order valence-electron chi connectivity index (χ4n) is 1.92. The van der Waals surface area contributed by atoms with Gasteiger partial charge in [-0.3, -0.25) is 5.32 Å². The summed E-state index contributed by atoms with van der Waals surface area (Å²) in [7, 11) is 1.26. The van der Waals surface area contributed by atoms with Crippen molar-refractivity contribution in [3.05, 3.63) is 11.1 Å². The molecule has 0 amide bonds. The Kier molecular flexibility index (Phi) is 3.22. The second kappa shape index (κ2) is 4.54. The lowest BCUT2D eigenvalue weighted by molar-refractivity contribution is -0.738. The van der Waals surface area contributed by atoms with Crippen LogP contribution in [-0.2, 0) is 16.1 Å². The number of hydrogen-bond donors (Lipinski definition) is 2. The maximum atomic E-state index is 11.3. The highest BCUT2D eigenvalue weighted by atomic mass is 16.8. The van der Waals surface area contributed by atoms with Crippen molar-refractivity contribution in [2.24, 2.45) is 0 Å². The summed E-state index contributed by atoms with van der Waals surface area (Å²) in [5.41, 5.74) is 5.63. The second-order valence-electron chi connectivity index (χ2n) is 4.70. The first kappa shape index (κ1) is 12.8. The number of nitrogens with two attached hydrogens (primary N) is 1. The number of nitrogens with one attached hydrogen (secondary N) is 1. The van der Waals surface area contributed by atoms with Gasteiger partial charge < -0.3 is 15.3 Å². The molecule has 8 nitrogen and oxygen atoms in total. The molecule has 8 heteroatoms. The van der Waals surface area contributed by atoms with Gasteiger partial charge in [0.1, 0.15) is 12.8 Å². The Hall–Kier alpha value is -1.67. The van der Waals surface area contributed by atoms with Crippen LogP contribution >= 0.6 is 0 Å². The summed E-state index contributed by atoms with van der Waals surface area (Å²) in [6.45, 7) is 5.17. The smallest absolute Gasteiger partial charge is 0.390 e. The van der Waals surface area contributed by atoms with Crippen molar-refractivity contribution in [3.8, 4) is 0 Å². The lowest BCUT2D eigenvalue weighted by Crippen LogP contribution is -2.33. The van der Waals surface area contributed by atoms with Crippen LogP contribution in [0.25, 0.3) is 0 Å². The van der Waals surface area contributed by atoms with Gasteiger partial charge in [-0.05, 0) is 18.8 Å². The minimum Gasteiger partial charge on any atom is -0.390 e. The van der Waals surface area contributed by atoms with Gasteiger partial charge in [0.25, 0.3) is 0 Å². The zero-order valence-corrected chi connectivity index (χ0v) is 10.7. The van der Waals surface area contributed by atoms with Gasteiger partial charge >= 0.3 is 5.82 Å². The van der Waals surface area contributed by atoms with Crippen molar-refractivity contribution in [2.75, 3.05) is 19.4 Å². The van der Waals surface area contributed by atoms with Crippen molar-refractivity contribution < 1.29 is 14.5 Å². The van der Waals surface area contributed by atoms with E-state index in [9.17, 15) is 4.91 Å². The third kappa shape index (κ3) is 2.59. The average molecular weight is 256 g/mol. The van der Waals surface area contributed by atoms with Gasteiger partial charge in [-0.2, -0.15) is 4.68 Å². The first-order valence-corrected chi connectivity index (χ1v) is 5.68. The highest BCUT2D eigenvalue weighted by Crippen LogP contribution is 2.21. The van der Waals surface area contributed by atoms with Crippen LogP contribution in [0.1, 0.15) is 13.8 Å². The Morgan fingerprint density at radius 3 is 3.06 bits per heavy atom. The molecule has 0 radical (unpaired) electrons. The highest BCUT2D eigenvalue weighted by molar-refractivity contribution is 5.50. The van der Waals surface area contributed by atoms with Gasteiger partial charge in [0.15, 0.2) is 10.6 Å². The third-order valence-electron chi connectivity index (χ3n) is 2.72. The summed E-state index contributed by atoms with van der Waals surface area (Å²) in [4.78, 5) is 16.1. The van der Waals surface area contributed by atoms with Crippen molar-refractivity contribution in [1.82, 2.24) is 15.1 Å². The van der Waals surface area contributed by atoms with E-state index in [0.717, 1.165) is 6.54 Å². The van der Waals surface area contributed by atoms with Gasteiger partial charge in [-0.15, -0.1) is 0 Å². The molecule has 1 aromatic heterocycles. The molecule has 1 fully saturated rings. The van der Waals surface area contributed by atoms with E-state index in [1.807, 2.05) is 13.8 Å². The van der Waals surface area contributed by atoms with E-state index in [0.29, 0.717) is 6.54 Å². The fraction of sp³-hybridized carbons (Fsp3) is 0.700. The molecule has 100 valence electrons. The summed E-state index contributed by atoms with van der Waals surface area (Å²) in [5.74, 6) is 0.0581. The molecule has 18 heavy (non-hydrogen) atoms. The maximum Gasteiger partial charge on any atom is 0.456 e. The fourth-order valence-corrected chi connectivity index (χ4v) is 1.92. The first-order chi connectivity index (χ1) is 8.41. The first-order valence-electron chi connectivity index (χ1n) is 5.68. The number of rotatable bonds is 4. The topological polar surface area (TPSA) is 94.4 Å². The molecule has 0 spiro atoms. The monoisotopic (exact) mass is 256 g/mol. The van der Waals surface area contributed by atoms with Gasteiger partial charge in [-0.25, -0.2) is 0 Å². The molecule has 0 aliphatic carbocycles. The number of aromatic nitrogens is 2. The predicted molar refractivity (Wildman–Crippen MR) is 63.9 cm³/mol. The van der Waals surface area contributed by atoms with E-state index in [-0.39, 0.29) is 28.3 Å². The van der Waals surface area contributed by atoms with E-state index in [2.05, 4.69) is 15.3 Å². The van der Waals surface area contributed by atoms with Gasteiger partial charge in [-0.1, -0.05) is 0 Å². The molecule has 0 aromatic carbocycles. The molecule has 0 unspecified atom stereocenters. The Labute approximate surface area is 105 Å². The Bertz CT molecular complexity index is 456. The molecule has 0 saturated carbocycles. The molecule has 1 atom stereocenters. The minimum absolute atomic E-state index is 0.00482. The van der Waals surface area contributed by atoms with E-state index < -0.39 is 0 Å². The quantitative estimate of drug-likeness (QED) is 0.745. The van der Waals surface area contributed by atoms with Crippen LogP contribution in [0, 0.1) is 4.91 Å². The minimum atomic E-state index is -0.330. The zero-order valence-electron chi connectivity index (χ0n) is 10.7. The summed E-state index contributed by atoms with van der Waals surface area (Å²) in [6.07, 6.45) is 1.59. The predicted octanol–water partition coefficient (Wildman–Crippen LogP) is 0.162. The van der Waals surface area contributed by atoms with Crippen LogP contribution in [-0.4, -0.2) is 40.2 Å². The Morgan fingerprint density at radius 2 is 2.50 bits per heavy atom. The molecule has 0 bridgehead atoms. The highest BCUT2D eigenvalue weighted by Gasteiger charge is 2.33. The Balaban J connectivity index is 2.05. The lowest BCUT2D eigenvalue weighted by Gasteiger charge is -2.18. The third-order valence-corrected chi connectivity index (χ3v) is 2.72. The largest absolute Gasteiger partial charge is 0.456 e. The molecule has 1 aromatic rings. The van der Waals surface area contributed by atoms with Crippen LogP contribution in [0.5, 0.6) is 0 Å². The number of nitrogens with zero attached hydrogens (tertiary/aromatic N) is 3. The van der Waals surface area contributed by atoms with Crippen molar-refractivity contribution in [2.45, 2.75) is 32.2 Å². The number of ether oxygens (including phenoxy) is 1. The normalized spacial score (nSPS) is 22.1. The second-order valence-corrected chi connectivity index (χ2v) is 4.70. The van der Waals surface area contributed by atoms with Gasteiger partial charge in [0, 0.05) is 6.54 Å². The van der Waals surface area contributed by atoms with E-state index in [1.165, 1.54) is 7.11 Å². The van der Waals surface area contributed by atoms with Crippen LogP contribution in [0.3, 0.4) is 0 Å². The van der Waals surface area contributed by atoms with E-state index in [1.54, 1.807) is 10.9 Å². The SMILES string of the molecule is CO[N+](=O)c1nn(C[C@@H]2CNC(C)(C)O2)cc1N. The molecule has 2 heterocycles. The molecular weight excluding hydrogens is 238 g/mol. The van der Waals surface area contributed by atoms with E-state index in [4.69, 9.17) is 10.5 Å². The maximum absolute atomic E-state index is 11.3. The molecule has 1 saturated heterocycles. The summed E-state index contributed by atoms with van der Waals surface area (Å²) in [5, 5.41) is 7.29.